The highest BCUT2D eigenvalue weighted by atomic mass is 31.2. The smallest absolute Gasteiger partial charge is 0.306 e. The quantitative estimate of drug-likeness (QED) is 0.0195. The first-order chi connectivity index (χ1) is 30.5. The van der Waals surface area contributed by atoms with Crippen LogP contribution in [0.5, 0.6) is 0 Å². The van der Waals surface area contributed by atoms with Crippen molar-refractivity contribution in [2.45, 2.75) is 258 Å². The number of hydrogen-bond donors (Lipinski definition) is 0. The molecule has 0 aromatic carbocycles. The highest BCUT2D eigenvalue weighted by molar-refractivity contribution is 7.45. The van der Waals surface area contributed by atoms with Crippen molar-refractivity contribution in [2.24, 2.45) is 0 Å². The van der Waals surface area contributed by atoms with Crippen molar-refractivity contribution in [3.8, 4) is 0 Å². The second-order valence-electron chi connectivity index (χ2n) is 19.2. The topological polar surface area (TPSA) is 111 Å². The molecule has 0 aliphatic carbocycles. The molecule has 0 radical (unpaired) electrons. The lowest BCUT2D eigenvalue weighted by Gasteiger charge is -2.28. The van der Waals surface area contributed by atoms with Gasteiger partial charge in [0.1, 0.15) is 19.8 Å². The molecule has 9 nitrogen and oxygen atoms in total. The number of hydrogen-bond acceptors (Lipinski definition) is 8. The first kappa shape index (κ1) is 61.5. The summed E-state index contributed by atoms with van der Waals surface area (Å²) in [6, 6.07) is 0. The highest BCUT2D eigenvalue weighted by Gasteiger charge is 2.21. The summed E-state index contributed by atoms with van der Waals surface area (Å²) in [5, 5.41) is 0. The van der Waals surface area contributed by atoms with E-state index in [9.17, 15) is 19.0 Å². The Hall–Kier alpha value is -1.51. The third-order valence-electron chi connectivity index (χ3n) is 11.7. The minimum Gasteiger partial charge on any atom is -0.756 e. The van der Waals surface area contributed by atoms with Gasteiger partial charge in [-0.25, -0.2) is 0 Å². The Bertz CT molecular complexity index is 1120. The maximum absolute atomic E-state index is 12.8. The zero-order chi connectivity index (χ0) is 46.4. The van der Waals surface area contributed by atoms with Crippen LogP contribution in [0.15, 0.2) is 24.3 Å². The van der Waals surface area contributed by atoms with Crippen LogP contribution in [0.2, 0.25) is 0 Å². The second-order valence-corrected chi connectivity index (χ2v) is 20.7. The van der Waals surface area contributed by atoms with E-state index in [2.05, 4.69) is 38.2 Å². The highest BCUT2D eigenvalue weighted by Crippen LogP contribution is 2.38. The predicted octanol–water partition coefficient (Wildman–Crippen LogP) is 15.2. The Morgan fingerprint density at radius 1 is 0.492 bits per heavy atom. The molecule has 0 saturated heterocycles. The van der Waals surface area contributed by atoms with Gasteiger partial charge < -0.3 is 27.9 Å². The first-order valence-corrected chi connectivity index (χ1v) is 28.0. The zero-order valence-electron chi connectivity index (χ0n) is 42.0. The molecule has 0 aliphatic heterocycles. The molecule has 0 saturated carbocycles. The second kappa shape index (κ2) is 45.6. The molecule has 63 heavy (non-hydrogen) atoms. The third kappa shape index (κ3) is 49.8. The van der Waals surface area contributed by atoms with Gasteiger partial charge in [-0.15, -0.1) is 0 Å². The first-order valence-electron chi connectivity index (χ1n) is 26.5. The Morgan fingerprint density at radius 3 is 1.29 bits per heavy atom. The van der Waals surface area contributed by atoms with Crippen molar-refractivity contribution in [2.75, 3.05) is 47.5 Å². The van der Waals surface area contributed by atoms with Gasteiger partial charge in [0, 0.05) is 12.8 Å². The molecule has 0 aliphatic rings. The van der Waals surface area contributed by atoms with Gasteiger partial charge in [-0.05, 0) is 44.9 Å². The zero-order valence-corrected chi connectivity index (χ0v) is 42.9. The molecule has 10 heteroatoms. The van der Waals surface area contributed by atoms with Gasteiger partial charge in [0.05, 0.1) is 27.7 Å². The number of likely N-dealkylation sites (N-methyl/N-ethyl adjacent to an activating group) is 1. The molecule has 0 bridgehead atoms. The van der Waals surface area contributed by atoms with E-state index in [1.54, 1.807) is 0 Å². The fourth-order valence-electron chi connectivity index (χ4n) is 7.57. The van der Waals surface area contributed by atoms with E-state index in [0.29, 0.717) is 17.4 Å². The number of carbonyl (C=O) groups is 2. The summed E-state index contributed by atoms with van der Waals surface area (Å²) < 4.78 is 34.1. The van der Waals surface area contributed by atoms with Crippen molar-refractivity contribution in [3.63, 3.8) is 0 Å². The number of nitrogens with zero attached hydrogens (tertiary/aromatic N) is 1. The number of ether oxygens (including phenoxy) is 2. The van der Waals surface area contributed by atoms with Crippen LogP contribution in [0.3, 0.4) is 0 Å². The summed E-state index contributed by atoms with van der Waals surface area (Å²) in [6.07, 6.45) is 52.1. The number of phosphoric acid groups is 1. The Kier molecular flexibility index (Phi) is 44.5. The Balaban J connectivity index is 4.20. The summed E-state index contributed by atoms with van der Waals surface area (Å²) in [6.45, 7) is 4.24. The third-order valence-corrected chi connectivity index (χ3v) is 12.7. The fraction of sp³-hybridized carbons (Fsp3) is 0.887. The molecule has 0 heterocycles. The van der Waals surface area contributed by atoms with E-state index in [-0.39, 0.29) is 32.0 Å². The number of unbranched alkanes of at least 4 members (excludes halogenated alkanes) is 31. The van der Waals surface area contributed by atoms with Gasteiger partial charge in [0.15, 0.2) is 6.10 Å². The minimum atomic E-state index is -4.63. The van der Waals surface area contributed by atoms with E-state index in [1.807, 2.05) is 21.1 Å². The van der Waals surface area contributed by atoms with Gasteiger partial charge in [-0.2, -0.15) is 0 Å². The van der Waals surface area contributed by atoms with Gasteiger partial charge in [-0.3, -0.25) is 14.2 Å². The molecule has 2 atom stereocenters. The normalized spacial score (nSPS) is 13.6. The summed E-state index contributed by atoms with van der Waals surface area (Å²) in [4.78, 5) is 37.7. The van der Waals surface area contributed by atoms with Crippen molar-refractivity contribution in [3.05, 3.63) is 24.3 Å². The molecule has 0 fully saturated rings. The lowest BCUT2D eigenvalue weighted by atomic mass is 10.0. The summed E-state index contributed by atoms with van der Waals surface area (Å²) in [7, 11) is 1.17. The summed E-state index contributed by atoms with van der Waals surface area (Å²) >= 11 is 0. The number of carbonyl (C=O) groups excluding carboxylic acids is 2. The molecular formula is C53H102NO8P. The van der Waals surface area contributed by atoms with Crippen LogP contribution in [0.25, 0.3) is 0 Å². The Morgan fingerprint density at radius 2 is 0.857 bits per heavy atom. The van der Waals surface area contributed by atoms with Crippen LogP contribution in [-0.4, -0.2) is 70.0 Å². The van der Waals surface area contributed by atoms with Crippen molar-refractivity contribution < 1.29 is 42.1 Å². The SMILES string of the molecule is CCCCC/C=C/C/C=C/CCCCCCCCCC(=O)OC[C@H](COP(=O)([O-])OCC[N+](C)(C)C)OC(=O)CCCCCCCCCCCCCCCCCCCCCCCC. The van der Waals surface area contributed by atoms with Gasteiger partial charge in [0.25, 0.3) is 7.82 Å². The van der Waals surface area contributed by atoms with Crippen molar-refractivity contribution in [1.29, 1.82) is 0 Å². The fourth-order valence-corrected chi connectivity index (χ4v) is 8.30. The average molecular weight is 912 g/mol. The van der Waals surface area contributed by atoms with Crippen molar-refractivity contribution >= 4 is 19.8 Å². The summed E-state index contributed by atoms with van der Waals surface area (Å²) in [5.41, 5.74) is 0. The Labute approximate surface area is 389 Å². The number of quaternary nitrogens is 1. The number of esters is 2. The molecule has 0 rings (SSSR count). The van der Waals surface area contributed by atoms with E-state index in [1.165, 1.54) is 167 Å². The lowest BCUT2D eigenvalue weighted by Crippen LogP contribution is -2.37. The molecule has 372 valence electrons. The summed E-state index contributed by atoms with van der Waals surface area (Å²) in [5.74, 6) is -0.830. The largest absolute Gasteiger partial charge is 0.756 e. The average Bonchev–Trinajstić information content (AvgIpc) is 3.24. The van der Waals surface area contributed by atoms with Crippen LogP contribution < -0.4 is 4.89 Å². The van der Waals surface area contributed by atoms with Crippen molar-refractivity contribution in [1.82, 2.24) is 0 Å². The van der Waals surface area contributed by atoms with E-state index in [0.717, 1.165) is 51.4 Å². The maximum atomic E-state index is 12.8. The van der Waals surface area contributed by atoms with Crippen LogP contribution in [0.4, 0.5) is 0 Å². The van der Waals surface area contributed by atoms with Crippen LogP contribution in [-0.2, 0) is 32.7 Å². The molecule has 0 N–H and O–H groups in total. The monoisotopic (exact) mass is 912 g/mol. The van der Waals surface area contributed by atoms with E-state index >= 15 is 0 Å². The standard InChI is InChI=1S/C53H102NO8P/c1-6-8-10-12-14-16-18-20-22-24-25-26-27-28-30-32-34-36-38-40-42-44-46-53(56)62-51(50-61-63(57,58)60-48-47-54(3,4)5)49-59-52(55)45-43-41-39-37-35-33-31-29-23-21-19-17-15-13-11-9-7-2/h15,17,21,23,51H,6-14,16,18-20,22,24-50H2,1-5H3/b17-15+,23-21+/t51-/m1/s1. The van der Waals surface area contributed by atoms with Gasteiger partial charge in [0.2, 0.25) is 0 Å². The number of rotatable bonds is 49. The maximum Gasteiger partial charge on any atom is 0.306 e. The molecule has 0 amide bonds. The van der Waals surface area contributed by atoms with E-state index < -0.39 is 26.5 Å². The molecular weight excluding hydrogens is 810 g/mol. The molecule has 1 unspecified atom stereocenters. The predicted molar refractivity (Wildman–Crippen MR) is 264 cm³/mol. The lowest BCUT2D eigenvalue weighted by molar-refractivity contribution is -0.870. The van der Waals surface area contributed by atoms with Gasteiger partial charge in [-0.1, -0.05) is 218 Å². The van der Waals surface area contributed by atoms with E-state index in [4.69, 9.17) is 18.5 Å². The van der Waals surface area contributed by atoms with Crippen LogP contribution >= 0.6 is 7.82 Å². The van der Waals surface area contributed by atoms with Crippen LogP contribution in [0, 0.1) is 0 Å². The molecule has 0 aromatic heterocycles. The van der Waals surface area contributed by atoms with Gasteiger partial charge >= 0.3 is 11.9 Å². The van der Waals surface area contributed by atoms with Crippen LogP contribution in [0.1, 0.15) is 251 Å². The molecule has 0 aromatic rings. The molecule has 0 spiro atoms. The number of phosphoric ester groups is 1. The number of allylic oxidation sites excluding steroid dienone is 4. The minimum absolute atomic E-state index is 0.0298.